The highest BCUT2D eigenvalue weighted by molar-refractivity contribution is 8.01. The maximum absolute atomic E-state index is 11.9. The number of anilines is 2. The predicted octanol–water partition coefficient (Wildman–Crippen LogP) is 3.93. The zero-order valence-corrected chi connectivity index (χ0v) is 16.5. The molecule has 6 nitrogen and oxygen atoms in total. The van der Waals surface area contributed by atoms with E-state index in [-0.39, 0.29) is 11.9 Å². The third-order valence-electron chi connectivity index (χ3n) is 3.55. The number of carbonyl (C=O) groups is 1. The first-order valence-corrected chi connectivity index (χ1v) is 10.0. The van der Waals surface area contributed by atoms with Crippen molar-refractivity contribution in [2.24, 2.45) is 5.92 Å². The smallest absolute Gasteiger partial charge is 0.230 e. The lowest BCUT2D eigenvalue weighted by Gasteiger charge is -2.16. The Morgan fingerprint density at radius 1 is 1.28 bits per heavy atom. The molecule has 0 saturated heterocycles. The Balaban J connectivity index is 1.89. The molecule has 0 fully saturated rings. The highest BCUT2D eigenvalue weighted by Crippen LogP contribution is 2.31. The number of nitrogens with one attached hydrogen (secondary N) is 2. The fourth-order valence-electron chi connectivity index (χ4n) is 1.87. The summed E-state index contributed by atoms with van der Waals surface area (Å²) in [5.74, 6) is 1.53. The van der Waals surface area contributed by atoms with Crippen molar-refractivity contribution in [3.8, 4) is 5.75 Å². The summed E-state index contributed by atoms with van der Waals surface area (Å²) in [5, 5.41) is 15.1. The normalized spacial score (nSPS) is 12.0. The number of benzene rings is 1. The minimum atomic E-state index is 0.0117. The van der Waals surface area contributed by atoms with Crippen molar-refractivity contribution in [1.82, 2.24) is 15.5 Å². The van der Waals surface area contributed by atoms with E-state index in [2.05, 4.69) is 34.7 Å². The molecule has 0 radical (unpaired) electrons. The molecule has 0 bridgehead atoms. The summed E-state index contributed by atoms with van der Waals surface area (Å²) in [6.07, 6.45) is 0. The number of ether oxygens (including phenoxy) is 1. The van der Waals surface area contributed by atoms with Gasteiger partial charge in [0.1, 0.15) is 5.75 Å². The predicted molar refractivity (Wildman–Crippen MR) is 104 cm³/mol. The average Bonchev–Trinajstić information content (AvgIpc) is 3.02. The minimum absolute atomic E-state index is 0.0117. The van der Waals surface area contributed by atoms with Crippen molar-refractivity contribution < 1.29 is 9.53 Å². The van der Waals surface area contributed by atoms with Crippen molar-refractivity contribution in [1.29, 1.82) is 0 Å². The molecule has 1 aromatic heterocycles. The van der Waals surface area contributed by atoms with E-state index in [1.54, 1.807) is 0 Å². The van der Waals surface area contributed by atoms with Gasteiger partial charge >= 0.3 is 0 Å². The van der Waals surface area contributed by atoms with Crippen molar-refractivity contribution in [2.75, 3.05) is 17.7 Å². The second kappa shape index (κ2) is 9.62. The van der Waals surface area contributed by atoms with Crippen LogP contribution in [0.5, 0.6) is 5.75 Å². The molecule has 0 aliphatic carbocycles. The zero-order valence-electron chi connectivity index (χ0n) is 14.9. The molecule has 8 heteroatoms. The zero-order chi connectivity index (χ0) is 18.2. The lowest BCUT2D eigenvalue weighted by atomic mass is 10.1. The Kier molecular flexibility index (Phi) is 7.52. The number of hydrogen-bond donors (Lipinski definition) is 2. The number of rotatable bonds is 9. The molecular formula is C17H24N4O2S2. The van der Waals surface area contributed by atoms with Gasteiger partial charge in [-0.15, -0.1) is 10.2 Å². The van der Waals surface area contributed by atoms with Crippen LogP contribution in [0.2, 0.25) is 0 Å². The van der Waals surface area contributed by atoms with E-state index in [4.69, 9.17) is 4.74 Å². The van der Waals surface area contributed by atoms with Gasteiger partial charge in [-0.05, 0) is 31.9 Å². The fourth-order valence-corrected chi connectivity index (χ4v) is 3.45. The van der Waals surface area contributed by atoms with Gasteiger partial charge in [-0.25, -0.2) is 0 Å². The summed E-state index contributed by atoms with van der Waals surface area (Å²) in [6, 6.07) is 7.86. The molecule has 1 atom stereocenters. The van der Waals surface area contributed by atoms with Crippen molar-refractivity contribution >= 4 is 39.8 Å². The van der Waals surface area contributed by atoms with E-state index >= 15 is 0 Å². The SMILES string of the molecule is CCOc1ccccc1Nc1nnc(SCC(=O)N[C@@H](C)C(C)C)s1. The van der Waals surface area contributed by atoms with Gasteiger partial charge in [0.25, 0.3) is 0 Å². The van der Waals surface area contributed by atoms with E-state index in [0.29, 0.717) is 23.4 Å². The largest absolute Gasteiger partial charge is 0.492 e. The Morgan fingerprint density at radius 3 is 2.76 bits per heavy atom. The van der Waals surface area contributed by atoms with Crippen LogP contribution in [0.3, 0.4) is 0 Å². The second-order valence-corrected chi connectivity index (χ2v) is 8.02. The first kappa shape index (κ1) is 19.5. The summed E-state index contributed by atoms with van der Waals surface area (Å²) in [5.41, 5.74) is 0.848. The average molecular weight is 381 g/mol. The van der Waals surface area contributed by atoms with Gasteiger partial charge in [0.15, 0.2) is 4.34 Å². The van der Waals surface area contributed by atoms with E-state index in [9.17, 15) is 4.79 Å². The first-order chi connectivity index (χ1) is 12.0. The molecule has 0 aliphatic heterocycles. The van der Waals surface area contributed by atoms with Gasteiger partial charge in [-0.2, -0.15) is 0 Å². The van der Waals surface area contributed by atoms with Gasteiger partial charge in [0.05, 0.1) is 18.0 Å². The molecule has 1 heterocycles. The molecule has 0 aliphatic rings. The topological polar surface area (TPSA) is 76.1 Å². The third kappa shape index (κ3) is 6.21. The molecule has 2 aromatic rings. The molecule has 1 amide bonds. The monoisotopic (exact) mass is 380 g/mol. The van der Waals surface area contributed by atoms with Crippen LogP contribution in [0.15, 0.2) is 28.6 Å². The van der Waals surface area contributed by atoms with E-state index in [1.165, 1.54) is 23.1 Å². The second-order valence-electron chi connectivity index (χ2n) is 5.82. The van der Waals surface area contributed by atoms with Gasteiger partial charge in [-0.3, -0.25) is 4.79 Å². The fraction of sp³-hybridized carbons (Fsp3) is 0.471. The third-order valence-corrected chi connectivity index (χ3v) is 5.52. The van der Waals surface area contributed by atoms with Gasteiger partial charge < -0.3 is 15.4 Å². The first-order valence-electron chi connectivity index (χ1n) is 8.24. The van der Waals surface area contributed by atoms with Crippen LogP contribution in [0, 0.1) is 5.92 Å². The van der Waals surface area contributed by atoms with Crippen molar-refractivity contribution in [3.05, 3.63) is 24.3 Å². The van der Waals surface area contributed by atoms with Gasteiger partial charge in [0.2, 0.25) is 11.0 Å². The summed E-state index contributed by atoms with van der Waals surface area (Å²) in [4.78, 5) is 11.9. The molecule has 2 N–H and O–H groups in total. The Bertz CT molecular complexity index is 691. The van der Waals surface area contributed by atoms with Crippen LogP contribution in [0.4, 0.5) is 10.8 Å². The van der Waals surface area contributed by atoms with E-state index in [1.807, 2.05) is 38.1 Å². The Hall–Kier alpha value is -1.80. The summed E-state index contributed by atoms with van der Waals surface area (Å²) >= 11 is 2.81. The number of nitrogens with zero attached hydrogens (tertiary/aromatic N) is 2. The van der Waals surface area contributed by atoms with Crippen LogP contribution >= 0.6 is 23.1 Å². The van der Waals surface area contributed by atoms with Crippen LogP contribution in [-0.4, -0.2) is 34.5 Å². The summed E-state index contributed by atoms with van der Waals surface area (Å²) in [7, 11) is 0. The Morgan fingerprint density at radius 2 is 2.04 bits per heavy atom. The Labute approximate surface area is 156 Å². The molecule has 0 unspecified atom stereocenters. The lowest BCUT2D eigenvalue weighted by Crippen LogP contribution is -2.37. The van der Waals surface area contributed by atoms with E-state index in [0.717, 1.165) is 15.8 Å². The summed E-state index contributed by atoms with van der Waals surface area (Å²) < 4.78 is 6.34. The van der Waals surface area contributed by atoms with Crippen LogP contribution < -0.4 is 15.4 Å². The number of hydrogen-bond acceptors (Lipinski definition) is 7. The number of para-hydroxylation sites is 2. The molecule has 0 saturated carbocycles. The van der Waals surface area contributed by atoms with Crippen LogP contribution in [0.1, 0.15) is 27.7 Å². The minimum Gasteiger partial charge on any atom is -0.492 e. The molecule has 136 valence electrons. The highest BCUT2D eigenvalue weighted by atomic mass is 32.2. The van der Waals surface area contributed by atoms with Crippen molar-refractivity contribution in [2.45, 2.75) is 38.1 Å². The maximum Gasteiger partial charge on any atom is 0.230 e. The number of carbonyl (C=O) groups excluding carboxylic acids is 1. The van der Waals surface area contributed by atoms with Gasteiger partial charge in [0, 0.05) is 6.04 Å². The lowest BCUT2D eigenvalue weighted by molar-refractivity contribution is -0.119. The molecule has 2 rings (SSSR count). The molecule has 1 aromatic carbocycles. The van der Waals surface area contributed by atoms with E-state index < -0.39 is 0 Å². The maximum atomic E-state index is 11.9. The highest BCUT2D eigenvalue weighted by Gasteiger charge is 2.13. The van der Waals surface area contributed by atoms with Gasteiger partial charge in [-0.1, -0.05) is 49.1 Å². The van der Waals surface area contributed by atoms with Crippen LogP contribution in [-0.2, 0) is 4.79 Å². The molecular weight excluding hydrogens is 356 g/mol. The number of aromatic nitrogens is 2. The van der Waals surface area contributed by atoms with Crippen LogP contribution in [0.25, 0.3) is 0 Å². The standard InChI is InChI=1S/C17H24N4O2S2/c1-5-23-14-9-7-6-8-13(14)19-16-20-21-17(25-16)24-10-15(22)18-12(4)11(2)3/h6-9,11-12H,5,10H2,1-4H3,(H,18,22)(H,19,20)/t12-/m0/s1. The quantitative estimate of drug-likeness (QED) is 0.642. The number of amides is 1. The van der Waals surface area contributed by atoms with Crippen molar-refractivity contribution in [3.63, 3.8) is 0 Å². The molecule has 0 spiro atoms. The molecule has 25 heavy (non-hydrogen) atoms. The summed E-state index contributed by atoms with van der Waals surface area (Å²) in [6.45, 7) is 8.72. The number of thioether (sulfide) groups is 1.